The van der Waals surface area contributed by atoms with Crippen LogP contribution >= 0.6 is 11.3 Å². The number of likely N-dealkylation sites (tertiary alicyclic amines) is 1. The summed E-state index contributed by atoms with van der Waals surface area (Å²) in [5.74, 6) is 0. The second-order valence-electron chi connectivity index (χ2n) is 5.85. The molecule has 21 heavy (non-hydrogen) atoms. The molecule has 2 N–H and O–H groups in total. The zero-order chi connectivity index (χ0) is 14.9. The highest BCUT2D eigenvalue weighted by atomic mass is 32.2. The highest BCUT2D eigenvalue weighted by molar-refractivity contribution is 7.91. The molecule has 118 valence electrons. The molecule has 0 amide bonds. The predicted molar refractivity (Wildman–Crippen MR) is 84.1 cm³/mol. The van der Waals surface area contributed by atoms with Crippen LogP contribution in [0, 0.1) is 0 Å². The van der Waals surface area contributed by atoms with E-state index in [1.54, 1.807) is 0 Å². The molecule has 2 aliphatic heterocycles. The molecule has 2 fully saturated rings. The Labute approximate surface area is 130 Å². The summed E-state index contributed by atoms with van der Waals surface area (Å²) in [6, 6.07) is 0.567. The molecule has 1 atom stereocenters. The summed E-state index contributed by atoms with van der Waals surface area (Å²) < 4.78 is 22.9. The molecular weight excluding hydrogens is 308 g/mol. The number of rotatable bonds is 3. The SMILES string of the molecule is NS(=O)(=O)c1cnc(N2CCCC[C@H](N3CCCC3)C2)s1. The maximum absolute atomic E-state index is 11.4. The Morgan fingerprint density at radius 3 is 2.57 bits per heavy atom. The molecule has 0 spiro atoms. The fraction of sp³-hybridized carbons (Fsp3) is 0.769. The molecule has 0 saturated carbocycles. The zero-order valence-corrected chi connectivity index (χ0v) is 13.7. The first kappa shape index (κ1) is 15.2. The highest BCUT2D eigenvalue weighted by Crippen LogP contribution is 2.29. The summed E-state index contributed by atoms with van der Waals surface area (Å²) >= 11 is 1.18. The van der Waals surface area contributed by atoms with Gasteiger partial charge in [-0.2, -0.15) is 0 Å². The number of hydrogen-bond acceptors (Lipinski definition) is 6. The predicted octanol–water partition coefficient (Wildman–Crippen LogP) is 1.25. The van der Waals surface area contributed by atoms with Gasteiger partial charge >= 0.3 is 0 Å². The summed E-state index contributed by atoms with van der Waals surface area (Å²) in [5, 5.41) is 5.96. The second kappa shape index (κ2) is 6.20. The molecule has 3 rings (SSSR count). The van der Waals surface area contributed by atoms with Crippen LogP contribution in [0.2, 0.25) is 0 Å². The minimum absolute atomic E-state index is 0.152. The largest absolute Gasteiger partial charge is 0.346 e. The van der Waals surface area contributed by atoms with E-state index in [4.69, 9.17) is 5.14 Å². The van der Waals surface area contributed by atoms with Gasteiger partial charge in [0.2, 0.25) is 10.0 Å². The smallest absolute Gasteiger partial charge is 0.249 e. The van der Waals surface area contributed by atoms with Gasteiger partial charge in [0, 0.05) is 19.1 Å². The van der Waals surface area contributed by atoms with Crippen molar-refractivity contribution in [2.24, 2.45) is 5.14 Å². The Morgan fingerprint density at radius 1 is 1.19 bits per heavy atom. The first-order valence-electron chi connectivity index (χ1n) is 7.52. The zero-order valence-electron chi connectivity index (χ0n) is 12.1. The number of primary sulfonamides is 1. The molecular formula is C13H22N4O2S2. The maximum atomic E-state index is 11.4. The Bertz CT molecular complexity index is 581. The van der Waals surface area contributed by atoms with E-state index in [0.29, 0.717) is 6.04 Å². The van der Waals surface area contributed by atoms with Gasteiger partial charge in [0.15, 0.2) is 9.34 Å². The van der Waals surface area contributed by atoms with E-state index < -0.39 is 10.0 Å². The second-order valence-corrected chi connectivity index (χ2v) is 8.64. The molecule has 1 aromatic heterocycles. The standard InChI is InChI=1S/C13H22N4O2S2/c14-21(18,19)12-9-15-13(20-12)17-8-2-1-5-11(10-17)16-6-3-4-7-16/h9,11H,1-8,10H2,(H2,14,18,19)/t11-/m0/s1. The quantitative estimate of drug-likeness (QED) is 0.902. The average molecular weight is 330 g/mol. The maximum Gasteiger partial charge on any atom is 0.249 e. The molecule has 6 nitrogen and oxygen atoms in total. The van der Waals surface area contributed by atoms with Gasteiger partial charge in [0.25, 0.3) is 0 Å². The molecule has 8 heteroatoms. The minimum Gasteiger partial charge on any atom is -0.346 e. The van der Waals surface area contributed by atoms with E-state index in [9.17, 15) is 8.42 Å². The van der Waals surface area contributed by atoms with E-state index in [1.165, 1.54) is 56.3 Å². The lowest BCUT2D eigenvalue weighted by Crippen LogP contribution is -2.41. The van der Waals surface area contributed by atoms with Crippen LogP contribution in [-0.4, -0.2) is 50.5 Å². The molecule has 0 bridgehead atoms. The average Bonchev–Trinajstić information content (AvgIpc) is 3.06. The van der Waals surface area contributed by atoms with Crippen LogP contribution in [0.15, 0.2) is 10.4 Å². The number of nitrogens with two attached hydrogens (primary N) is 1. The Hall–Kier alpha value is -0.700. The Balaban J connectivity index is 1.75. The molecule has 3 heterocycles. The monoisotopic (exact) mass is 330 g/mol. The van der Waals surface area contributed by atoms with Gasteiger partial charge in [-0.3, -0.25) is 4.90 Å². The van der Waals surface area contributed by atoms with E-state index >= 15 is 0 Å². The third-order valence-corrected chi connectivity index (χ3v) is 6.79. The van der Waals surface area contributed by atoms with E-state index in [-0.39, 0.29) is 4.21 Å². The number of nitrogens with zero attached hydrogens (tertiary/aromatic N) is 3. The molecule has 0 radical (unpaired) electrons. The van der Waals surface area contributed by atoms with Gasteiger partial charge in [-0.15, -0.1) is 0 Å². The lowest BCUT2D eigenvalue weighted by Gasteiger charge is -2.30. The Kier molecular flexibility index (Phi) is 4.49. The van der Waals surface area contributed by atoms with Crippen LogP contribution < -0.4 is 10.0 Å². The van der Waals surface area contributed by atoms with Crippen LogP contribution in [0.3, 0.4) is 0 Å². The lowest BCUT2D eigenvalue weighted by molar-refractivity contribution is 0.236. The third-order valence-electron chi connectivity index (χ3n) is 4.33. The number of sulfonamides is 1. The van der Waals surface area contributed by atoms with E-state index in [1.807, 2.05) is 0 Å². The summed E-state index contributed by atoms with van der Waals surface area (Å²) in [5.41, 5.74) is 0. The van der Waals surface area contributed by atoms with Crippen molar-refractivity contribution < 1.29 is 8.42 Å². The highest BCUT2D eigenvalue weighted by Gasteiger charge is 2.27. The van der Waals surface area contributed by atoms with Crippen molar-refractivity contribution >= 4 is 26.5 Å². The van der Waals surface area contributed by atoms with Crippen LogP contribution in [0.25, 0.3) is 0 Å². The number of anilines is 1. The first-order valence-corrected chi connectivity index (χ1v) is 9.88. The van der Waals surface area contributed by atoms with Crippen LogP contribution in [-0.2, 0) is 10.0 Å². The minimum atomic E-state index is -3.64. The fourth-order valence-electron chi connectivity index (χ4n) is 3.23. The Morgan fingerprint density at radius 2 is 1.90 bits per heavy atom. The molecule has 2 saturated heterocycles. The lowest BCUT2D eigenvalue weighted by atomic mass is 10.1. The number of hydrogen-bond donors (Lipinski definition) is 1. The van der Waals surface area contributed by atoms with Crippen molar-refractivity contribution in [3.05, 3.63) is 6.20 Å². The van der Waals surface area contributed by atoms with Gasteiger partial charge in [-0.25, -0.2) is 18.5 Å². The topological polar surface area (TPSA) is 79.5 Å². The molecule has 0 aliphatic carbocycles. The van der Waals surface area contributed by atoms with Gasteiger partial charge in [-0.05, 0) is 38.8 Å². The first-order chi connectivity index (χ1) is 10.0. The van der Waals surface area contributed by atoms with Gasteiger partial charge in [0.1, 0.15) is 0 Å². The number of aromatic nitrogens is 1. The van der Waals surface area contributed by atoms with Gasteiger partial charge in [-0.1, -0.05) is 17.8 Å². The van der Waals surface area contributed by atoms with Crippen LogP contribution in [0.5, 0.6) is 0 Å². The van der Waals surface area contributed by atoms with Crippen molar-refractivity contribution in [1.82, 2.24) is 9.88 Å². The van der Waals surface area contributed by atoms with Gasteiger partial charge < -0.3 is 4.90 Å². The van der Waals surface area contributed by atoms with Crippen molar-refractivity contribution in [3.63, 3.8) is 0 Å². The van der Waals surface area contributed by atoms with E-state index in [0.717, 1.165) is 24.6 Å². The molecule has 0 unspecified atom stereocenters. The van der Waals surface area contributed by atoms with Gasteiger partial charge in [0.05, 0.1) is 6.20 Å². The summed E-state index contributed by atoms with van der Waals surface area (Å²) in [6.07, 6.45) is 7.56. The van der Waals surface area contributed by atoms with Crippen molar-refractivity contribution in [1.29, 1.82) is 0 Å². The molecule has 1 aromatic rings. The van der Waals surface area contributed by atoms with Crippen LogP contribution in [0.4, 0.5) is 5.13 Å². The van der Waals surface area contributed by atoms with E-state index in [2.05, 4.69) is 14.8 Å². The van der Waals surface area contributed by atoms with Crippen molar-refractivity contribution in [2.45, 2.75) is 42.4 Å². The number of thiazole rings is 1. The molecule has 0 aromatic carbocycles. The van der Waals surface area contributed by atoms with Crippen LogP contribution in [0.1, 0.15) is 32.1 Å². The molecule has 2 aliphatic rings. The summed E-state index contributed by atoms with van der Waals surface area (Å²) in [7, 11) is -3.64. The summed E-state index contributed by atoms with van der Waals surface area (Å²) in [6.45, 7) is 4.27. The fourth-order valence-corrected chi connectivity index (χ4v) is 4.80. The summed E-state index contributed by atoms with van der Waals surface area (Å²) in [4.78, 5) is 9.08. The normalized spacial score (nSPS) is 25.2. The third kappa shape index (κ3) is 3.56. The van der Waals surface area contributed by atoms with Crippen molar-refractivity contribution in [3.8, 4) is 0 Å². The van der Waals surface area contributed by atoms with Crippen molar-refractivity contribution in [2.75, 3.05) is 31.1 Å².